The number of benzene rings is 2. The Morgan fingerprint density at radius 3 is 2.57 bits per heavy atom. The van der Waals surface area contributed by atoms with Gasteiger partial charge in [0, 0.05) is 23.4 Å². The second-order valence-electron chi connectivity index (χ2n) is 5.84. The molecule has 0 amide bonds. The van der Waals surface area contributed by atoms with Gasteiger partial charge in [-0.05, 0) is 62.6 Å². The van der Waals surface area contributed by atoms with E-state index in [0.29, 0.717) is 0 Å². The van der Waals surface area contributed by atoms with Gasteiger partial charge in [-0.3, -0.25) is 14.4 Å². The fourth-order valence-electron chi connectivity index (χ4n) is 2.98. The summed E-state index contributed by atoms with van der Waals surface area (Å²) >= 11 is 0. The fourth-order valence-corrected chi connectivity index (χ4v) is 2.98. The lowest BCUT2D eigenvalue weighted by molar-refractivity contribution is 0.0964. The smallest absolute Gasteiger partial charge is 0.262 e. The quantitative estimate of drug-likeness (QED) is 0.615. The predicted octanol–water partition coefficient (Wildman–Crippen LogP) is 4.98. The van der Waals surface area contributed by atoms with Crippen molar-refractivity contribution in [3.63, 3.8) is 0 Å². The summed E-state index contributed by atoms with van der Waals surface area (Å²) in [5.41, 5.74) is 5.66. The molecule has 0 spiro atoms. The average Bonchev–Trinajstić information content (AvgIpc) is 2.95. The van der Waals surface area contributed by atoms with Crippen molar-refractivity contribution in [3.05, 3.63) is 64.8 Å². The lowest BCUT2D eigenvalue weighted by Crippen LogP contribution is -2.13. The fraction of sp³-hybridized carbons (Fsp3) is 0.200. The lowest BCUT2D eigenvalue weighted by Gasteiger charge is -2.11. The monoisotopic (exact) mass is 304 g/mol. The summed E-state index contributed by atoms with van der Waals surface area (Å²) in [5.74, 6) is 0.00179. The molecule has 0 saturated carbocycles. The van der Waals surface area contributed by atoms with Crippen molar-refractivity contribution in [1.82, 2.24) is 4.57 Å². The Hall–Kier alpha value is -2.68. The third-order valence-electron chi connectivity index (χ3n) is 4.17. The Labute approximate surface area is 136 Å². The van der Waals surface area contributed by atoms with Crippen LogP contribution in [-0.4, -0.2) is 16.7 Å². The Bertz CT molecular complexity index is 932. The highest BCUT2D eigenvalue weighted by Gasteiger charge is 2.16. The van der Waals surface area contributed by atoms with Crippen LogP contribution in [0.2, 0.25) is 0 Å². The van der Waals surface area contributed by atoms with Crippen molar-refractivity contribution in [3.8, 4) is 0 Å². The lowest BCUT2D eigenvalue weighted by atomic mass is 10.0. The Balaban J connectivity index is 2.15. The summed E-state index contributed by atoms with van der Waals surface area (Å²) in [6.07, 6.45) is 3.62. The maximum atomic E-state index is 13.0. The minimum Gasteiger partial charge on any atom is -0.283 e. The highest BCUT2D eigenvalue weighted by Crippen LogP contribution is 2.26. The van der Waals surface area contributed by atoms with Crippen LogP contribution in [0.4, 0.5) is 5.69 Å². The first-order chi connectivity index (χ1) is 11.0. The molecule has 1 aromatic heterocycles. The maximum absolute atomic E-state index is 13.0. The van der Waals surface area contributed by atoms with E-state index in [0.717, 1.165) is 38.8 Å². The molecule has 0 radical (unpaired) electrons. The van der Waals surface area contributed by atoms with Crippen molar-refractivity contribution in [2.24, 2.45) is 4.99 Å². The van der Waals surface area contributed by atoms with Crippen molar-refractivity contribution in [1.29, 1.82) is 0 Å². The number of fused-ring (bicyclic) bond motifs is 1. The van der Waals surface area contributed by atoms with Gasteiger partial charge in [-0.2, -0.15) is 0 Å². The molecular formula is C20H20N2O. The molecule has 2 aromatic carbocycles. The number of nitrogens with zero attached hydrogens (tertiary/aromatic N) is 2. The number of aliphatic imine (C=N–C) groups is 1. The maximum Gasteiger partial charge on any atom is 0.262 e. The summed E-state index contributed by atoms with van der Waals surface area (Å²) in [6, 6.07) is 12.0. The van der Waals surface area contributed by atoms with Crippen LogP contribution in [0.15, 0.2) is 47.6 Å². The summed E-state index contributed by atoms with van der Waals surface area (Å²) in [7, 11) is 0. The van der Waals surface area contributed by atoms with Gasteiger partial charge < -0.3 is 0 Å². The van der Waals surface area contributed by atoms with Crippen LogP contribution >= 0.6 is 0 Å². The van der Waals surface area contributed by atoms with Crippen LogP contribution in [0, 0.1) is 20.8 Å². The average molecular weight is 304 g/mol. The van der Waals surface area contributed by atoms with Crippen molar-refractivity contribution in [2.45, 2.75) is 27.7 Å². The molecule has 3 aromatic rings. The molecule has 3 nitrogen and oxygen atoms in total. The number of para-hydroxylation sites is 1. The zero-order valence-corrected chi connectivity index (χ0v) is 13.9. The summed E-state index contributed by atoms with van der Waals surface area (Å²) in [4.78, 5) is 17.4. The molecule has 3 heteroatoms. The van der Waals surface area contributed by atoms with Gasteiger partial charge in [0.15, 0.2) is 0 Å². The van der Waals surface area contributed by atoms with Crippen molar-refractivity contribution < 1.29 is 4.79 Å². The van der Waals surface area contributed by atoms with Gasteiger partial charge in [0.05, 0.1) is 11.2 Å². The van der Waals surface area contributed by atoms with E-state index in [2.05, 4.69) is 4.99 Å². The second kappa shape index (κ2) is 5.84. The number of hydrogen-bond acceptors (Lipinski definition) is 2. The first kappa shape index (κ1) is 15.2. The second-order valence-corrected chi connectivity index (χ2v) is 5.84. The van der Waals surface area contributed by atoms with E-state index in [4.69, 9.17) is 0 Å². The molecule has 0 aliphatic heterocycles. The van der Waals surface area contributed by atoms with E-state index in [1.165, 1.54) is 0 Å². The Kier molecular flexibility index (Phi) is 3.87. The standard InChI is InChI=1S/C20H20N2O/c1-5-21-18-12-14(3)17(11-15(18)4)20(23)22-10-9-16-8-6-7-13(2)19(16)22/h5-12H,1-4H3. The van der Waals surface area contributed by atoms with Gasteiger partial charge >= 0.3 is 0 Å². The molecule has 3 rings (SSSR count). The van der Waals surface area contributed by atoms with Gasteiger partial charge in [0.2, 0.25) is 0 Å². The van der Waals surface area contributed by atoms with E-state index in [1.807, 2.05) is 70.3 Å². The normalized spacial score (nSPS) is 11.5. The van der Waals surface area contributed by atoms with Crippen LogP contribution in [0.3, 0.4) is 0 Å². The van der Waals surface area contributed by atoms with E-state index in [1.54, 1.807) is 10.8 Å². The topological polar surface area (TPSA) is 34.4 Å². The van der Waals surface area contributed by atoms with Crippen LogP contribution in [0.25, 0.3) is 10.9 Å². The number of hydrogen-bond donors (Lipinski definition) is 0. The van der Waals surface area contributed by atoms with Crippen molar-refractivity contribution in [2.75, 3.05) is 0 Å². The Morgan fingerprint density at radius 1 is 1.04 bits per heavy atom. The number of rotatable bonds is 2. The highest BCUT2D eigenvalue weighted by molar-refractivity contribution is 6.04. The van der Waals surface area contributed by atoms with Crippen molar-refractivity contribution >= 4 is 28.7 Å². The molecule has 0 unspecified atom stereocenters. The van der Waals surface area contributed by atoms with Gasteiger partial charge in [-0.1, -0.05) is 18.2 Å². The van der Waals surface area contributed by atoms with Gasteiger partial charge in [-0.15, -0.1) is 0 Å². The predicted molar refractivity (Wildman–Crippen MR) is 96.1 cm³/mol. The number of carbonyl (C=O) groups is 1. The third kappa shape index (κ3) is 2.59. The first-order valence-electron chi connectivity index (χ1n) is 7.74. The molecule has 0 atom stereocenters. The molecule has 116 valence electrons. The molecular weight excluding hydrogens is 284 g/mol. The van der Waals surface area contributed by atoms with Gasteiger partial charge in [-0.25, -0.2) is 0 Å². The Morgan fingerprint density at radius 2 is 1.83 bits per heavy atom. The molecule has 23 heavy (non-hydrogen) atoms. The van der Waals surface area contributed by atoms with Crippen LogP contribution in [-0.2, 0) is 0 Å². The molecule has 0 fully saturated rings. The molecule has 0 bridgehead atoms. The van der Waals surface area contributed by atoms with Crippen LogP contribution < -0.4 is 0 Å². The first-order valence-corrected chi connectivity index (χ1v) is 7.74. The largest absolute Gasteiger partial charge is 0.283 e. The van der Waals surface area contributed by atoms with E-state index in [-0.39, 0.29) is 5.91 Å². The van der Waals surface area contributed by atoms with Gasteiger partial charge in [0.25, 0.3) is 5.91 Å². The number of carbonyl (C=O) groups excluding carboxylic acids is 1. The summed E-state index contributed by atoms with van der Waals surface area (Å²) in [5, 5.41) is 1.08. The zero-order valence-electron chi connectivity index (χ0n) is 13.9. The molecule has 0 aliphatic carbocycles. The van der Waals surface area contributed by atoms with Gasteiger partial charge in [0.1, 0.15) is 0 Å². The van der Waals surface area contributed by atoms with E-state index >= 15 is 0 Å². The summed E-state index contributed by atoms with van der Waals surface area (Å²) < 4.78 is 1.75. The number of aryl methyl sites for hydroxylation is 3. The minimum absolute atomic E-state index is 0.00179. The highest BCUT2D eigenvalue weighted by atomic mass is 16.2. The molecule has 0 saturated heterocycles. The van der Waals surface area contributed by atoms with Crippen LogP contribution in [0.5, 0.6) is 0 Å². The third-order valence-corrected chi connectivity index (χ3v) is 4.17. The zero-order chi connectivity index (χ0) is 16.6. The molecule has 1 heterocycles. The van der Waals surface area contributed by atoms with Crippen LogP contribution in [0.1, 0.15) is 34.0 Å². The van der Waals surface area contributed by atoms with E-state index < -0.39 is 0 Å². The number of aromatic nitrogens is 1. The molecule has 0 aliphatic rings. The molecule has 0 N–H and O–H groups in total. The summed E-state index contributed by atoms with van der Waals surface area (Å²) in [6.45, 7) is 7.86. The van der Waals surface area contributed by atoms with E-state index in [9.17, 15) is 4.79 Å². The minimum atomic E-state index is 0.00179. The SMILES string of the molecule is CC=Nc1cc(C)c(C(=O)n2ccc3cccc(C)c32)cc1C.